The molecule has 132 valence electrons. The number of carbonyl (C=O) groups excluding carboxylic acids is 1. The number of nitrogens with zero attached hydrogens (tertiary/aromatic N) is 1. The molecular formula is C21H26N2O2. The van der Waals surface area contributed by atoms with E-state index in [2.05, 4.69) is 22.3 Å². The van der Waals surface area contributed by atoms with Gasteiger partial charge in [-0.25, -0.2) is 0 Å². The minimum Gasteiger partial charge on any atom is -0.496 e. The third-order valence-electron chi connectivity index (χ3n) is 4.70. The summed E-state index contributed by atoms with van der Waals surface area (Å²) in [6, 6.07) is 15.7. The van der Waals surface area contributed by atoms with Crippen LogP contribution in [0, 0.1) is 0 Å². The SMILES string of the molecule is COc1ccccc1CNC(=O)c1ccc(CN2CCCCC2)cc1. The van der Waals surface area contributed by atoms with E-state index in [0.717, 1.165) is 17.9 Å². The fraction of sp³-hybridized carbons (Fsp3) is 0.381. The van der Waals surface area contributed by atoms with Gasteiger partial charge in [0.15, 0.2) is 0 Å². The van der Waals surface area contributed by atoms with E-state index in [1.54, 1.807) is 7.11 Å². The molecule has 0 spiro atoms. The van der Waals surface area contributed by atoms with Crippen molar-refractivity contribution in [2.45, 2.75) is 32.4 Å². The van der Waals surface area contributed by atoms with Crippen molar-refractivity contribution in [3.8, 4) is 5.75 Å². The summed E-state index contributed by atoms with van der Waals surface area (Å²) >= 11 is 0. The lowest BCUT2D eigenvalue weighted by atomic mass is 10.1. The Labute approximate surface area is 149 Å². The topological polar surface area (TPSA) is 41.6 Å². The number of carbonyl (C=O) groups is 1. The molecule has 1 N–H and O–H groups in total. The summed E-state index contributed by atoms with van der Waals surface area (Å²) in [6.07, 6.45) is 3.94. The summed E-state index contributed by atoms with van der Waals surface area (Å²) in [6.45, 7) is 3.80. The number of rotatable bonds is 6. The lowest BCUT2D eigenvalue weighted by Gasteiger charge is -2.26. The first-order valence-corrected chi connectivity index (χ1v) is 8.97. The van der Waals surface area contributed by atoms with Crippen LogP contribution in [0.1, 0.15) is 40.7 Å². The monoisotopic (exact) mass is 338 g/mol. The van der Waals surface area contributed by atoms with Gasteiger partial charge in [-0.2, -0.15) is 0 Å². The van der Waals surface area contributed by atoms with Gasteiger partial charge < -0.3 is 10.1 Å². The van der Waals surface area contributed by atoms with Crippen LogP contribution in [0.2, 0.25) is 0 Å². The molecule has 0 aliphatic carbocycles. The lowest BCUT2D eigenvalue weighted by molar-refractivity contribution is 0.0950. The highest BCUT2D eigenvalue weighted by atomic mass is 16.5. The van der Waals surface area contributed by atoms with Gasteiger partial charge in [-0.05, 0) is 49.7 Å². The summed E-state index contributed by atoms with van der Waals surface area (Å²) in [5, 5.41) is 2.96. The maximum Gasteiger partial charge on any atom is 0.251 e. The second-order valence-electron chi connectivity index (χ2n) is 6.53. The third-order valence-corrected chi connectivity index (χ3v) is 4.70. The van der Waals surface area contributed by atoms with E-state index in [4.69, 9.17) is 4.74 Å². The van der Waals surface area contributed by atoms with E-state index in [1.165, 1.54) is 37.9 Å². The Hall–Kier alpha value is -2.33. The van der Waals surface area contributed by atoms with E-state index < -0.39 is 0 Å². The Balaban J connectivity index is 1.55. The molecule has 3 rings (SSSR count). The van der Waals surface area contributed by atoms with Crippen LogP contribution >= 0.6 is 0 Å². The molecule has 4 nitrogen and oxygen atoms in total. The predicted molar refractivity (Wildman–Crippen MR) is 99.7 cm³/mol. The predicted octanol–water partition coefficient (Wildman–Crippen LogP) is 3.61. The van der Waals surface area contributed by atoms with E-state index in [-0.39, 0.29) is 5.91 Å². The van der Waals surface area contributed by atoms with Crippen molar-refractivity contribution < 1.29 is 9.53 Å². The van der Waals surface area contributed by atoms with Crippen LogP contribution in [0.4, 0.5) is 0 Å². The Morgan fingerprint density at radius 1 is 1.04 bits per heavy atom. The summed E-state index contributed by atoms with van der Waals surface area (Å²) < 4.78 is 5.32. The van der Waals surface area contributed by atoms with E-state index in [9.17, 15) is 4.79 Å². The van der Waals surface area contributed by atoms with Crippen LogP contribution in [0.3, 0.4) is 0 Å². The van der Waals surface area contributed by atoms with Gasteiger partial charge in [0.25, 0.3) is 5.91 Å². The van der Waals surface area contributed by atoms with Crippen LogP contribution in [0.25, 0.3) is 0 Å². The van der Waals surface area contributed by atoms with Crippen LogP contribution in [0.5, 0.6) is 5.75 Å². The number of piperidine rings is 1. The molecular weight excluding hydrogens is 312 g/mol. The zero-order valence-electron chi connectivity index (χ0n) is 14.8. The van der Waals surface area contributed by atoms with E-state index >= 15 is 0 Å². The maximum absolute atomic E-state index is 12.4. The van der Waals surface area contributed by atoms with Gasteiger partial charge in [-0.3, -0.25) is 9.69 Å². The van der Waals surface area contributed by atoms with Crippen molar-refractivity contribution in [1.82, 2.24) is 10.2 Å². The Morgan fingerprint density at radius 3 is 2.48 bits per heavy atom. The average molecular weight is 338 g/mol. The van der Waals surface area contributed by atoms with Crippen molar-refractivity contribution >= 4 is 5.91 Å². The summed E-state index contributed by atoms with van der Waals surface area (Å²) in [4.78, 5) is 14.8. The van der Waals surface area contributed by atoms with Crippen molar-refractivity contribution in [2.75, 3.05) is 20.2 Å². The molecule has 0 radical (unpaired) electrons. The Morgan fingerprint density at radius 2 is 1.76 bits per heavy atom. The molecule has 2 aromatic carbocycles. The van der Waals surface area contributed by atoms with Crippen molar-refractivity contribution in [2.24, 2.45) is 0 Å². The normalized spacial score (nSPS) is 14.9. The van der Waals surface area contributed by atoms with Crippen molar-refractivity contribution in [3.63, 3.8) is 0 Å². The standard InChI is InChI=1S/C21H26N2O2/c1-25-20-8-4-3-7-19(20)15-22-21(24)18-11-9-17(10-12-18)16-23-13-5-2-6-14-23/h3-4,7-12H,2,5-6,13-16H2,1H3,(H,22,24). The first-order chi connectivity index (χ1) is 12.3. The number of nitrogens with one attached hydrogen (secondary N) is 1. The molecule has 1 heterocycles. The number of amides is 1. The minimum atomic E-state index is -0.0598. The number of ether oxygens (including phenoxy) is 1. The molecule has 25 heavy (non-hydrogen) atoms. The average Bonchev–Trinajstić information content (AvgIpc) is 2.67. The van der Waals surface area contributed by atoms with Gasteiger partial charge in [-0.1, -0.05) is 36.8 Å². The molecule has 1 saturated heterocycles. The molecule has 0 saturated carbocycles. The zero-order chi connectivity index (χ0) is 17.5. The van der Waals surface area contributed by atoms with Crippen molar-refractivity contribution in [3.05, 3.63) is 65.2 Å². The molecule has 2 aromatic rings. The number of likely N-dealkylation sites (tertiary alicyclic amines) is 1. The highest BCUT2D eigenvalue weighted by Gasteiger charge is 2.11. The second-order valence-corrected chi connectivity index (χ2v) is 6.53. The van der Waals surface area contributed by atoms with Gasteiger partial charge in [-0.15, -0.1) is 0 Å². The quantitative estimate of drug-likeness (QED) is 0.875. The summed E-state index contributed by atoms with van der Waals surface area (Å²) in [5.74, 6) is 0.732. The smallest absolute Gasteiger partial charge is 0.251 e. The maximum atomic E-state index is 12.4. The fourth-order valence-corrected chi connectivity index (χ4v) is 3.26. The fourth-order valence-electron chi connectivity index (χ4n) is 3.26. The van der Waals surface area contributed by atoms with Gasteiger partial charge in [0.1, 0.15) is 5.75 Å². The van der Waals surface area contributed by atoms with Gasteiger partial charge in [0.2, 0.25) is 0 Å². The first kappa shape index (κ1) is 17.5. The highest BCUT2D eigenvalue weighted by Crippen LogP contribution is 2.17. The lowest BCUT2D eigenvalue weighted by Crippen LogP contribution is -2.29. The van der Waals surface area contributed by atoms with Crippen LogP contribution in [0.15, 0.2) is 48.5 Å². The molecule has 0 unspecified atom stereocenters. The molecule has 0 atom stereocenters. The highest BCUT2D eigenvalue weighted by molar-refractivity contribution is 5.94. The zero-order valence-corrected chi connectivity index (χ0v) is 14.8. The molecule has 0 aromatic heterocycles. The molecule has 0 bridgehead atoms. The van der Waals surface area contributed by atoms with E-state index in [0.29, 0.717) is 12.1 Å². The van der Waals surface area contributed by atoms with Gasteiger partial charge in [0.05, 0.1) is 7.11 Å². The minimum absolute atomic E-state index is 0.0598. The Bertz CT molecular complexity index is 691. The van der Waals surface area contributed by atoms with Crippen LogP contribution in [-0.2, 0) is 13.1 Å². The van der Waals surface area contributed by atoms with E-state index in [1.807, 2.05) is 36.4 Å². The van der Waals surface area contributed by atoms with Crippen molar-refractivity contribution in [1.29, 1.82) is 0 Å². The number of methoxy groups -OCH3 is 1. The Kier molecular flexibility index (Phi) is 6.07. The largest absolute Gasteiger partial charge is 0.496 e. The van der Waals surface area contributed by atoms with Crippen LogP contribution < -0.4 is 10.1 Å². The molecule has 1 aliphatic rings. The summed E-state index contributed by atoms with van der Waals surface area (Å²) in [7, 11) is 1.64. The number of benzene rings is 2. The number of para-hydroxylation sites is 1. The number of hydrogen-bond donors (Lipinski definition) is 1. The summed E-state index contributed by atoms with van der Waals surface area (Å²) in [5.41, 5.74) is 2.93. The van der Waals surface area contributed by atoms with Gasteiger partial charge >= 0.3 is 0 Å². The third kappa shape index (κ3) is 4.83. The molecule has 1 aliphatic heterocycles. The second kappa shape index (κ2) is 8.67. The molecule has 4 heteroatoms. The molecule has 1 amide bonds. The number of hydrogen-bond acceptors (Lipinski definition) is 3. The molecule has 1 fully saturated rings. The first-order valence-electron chi connectivity index (χ1n) is 8.97. The van der Waals surface area contributed by atoms with Crippen LogP contribution in [-0.4, -0.2) is 31.0 Å². The van der Waals surface area contributed by atoms with Gasteiger partial charge in [0, 0.05) is 24.2 Å².